The minimum atomic E-state index is 0.729. The summed E-state index contributed by atoms with van der Waals surface area (Å²) in [4.78, 5) is 0. The van der Waals surface area contributed by atoms with Crippen molar-refractivity contribution in [3.63, 3.8) is 0 Å². The van der Waals surface area contributed by atoms with Crippen LogP contribution < -0.4 is 0 Å². The van der Waals surface area contributed by atoms with E-state index in [2.05, 4.69) is 73.7 Å². The Labute approximate surface area is 109 Å². The highest BCUT2D eigenvalue weighted by Crippen LogP contribution is 2.48. The molecule has 2 atom stereocenters. The predicted octanol–water partition coefficient (Wildman–Crippen LogP) is 4.81. The molecule has 0 heterocycles. The molecule has 0 nitrogen and oxygen atoms in total. The molecule has 0 amide bonds. The minimum absolute atomic E-state index is 0.729. The predicted molar refractivity (Wildman–Crippen MR) is 77.5 cm³/mol. The Bertz CT molecular complexity index is 551. The van der Waals surface area contributed by atoms with Crippen LogP contribution in [0.5, 0.6) is 0 Å². The number of hydrogen-bond acceptors (Lipinski definition) is 0. The van der Waals surface area contributed by atoms with Gasteiger partial charge in [0, 0.05) is 0 Å². The minimum Gasteiger partial charge on any atom is -0.0802 e. The van der Waals surface area contributed by atoms with Crippen LogP contribution in [0, 0.1) is 12.8 Å². The zero-order valence-electron chi connectivity index (χ0n) is 10.7. The lowest BCUT2D eigenvalue weighted by Gasteiger charge is -1.99. The third kappa shape index (κ3) is 2.53. The van der Waals surface area contributed by atoms with Gasteiger partial charge in [0.05, 0.1) is 0 Å². The van der Waals surface area contributed by atoms with E-state index in [4.69, 9.17) is 0 Å². The van der Waals surface area contributed by atoms with Crippen molar-refractivity contribution in [2.24, 2.45) is 5.92 Å². The number of rotatable bonds is 3. The monoisotopic (exact) mass is 234 g/mol. The topological polar surface area (TPSA) is 0 Å². The van der Waals surface area contributed by atoms with Crippen molar-refractivity contribution >= 4 is 6.08 Å². The standard InChI is InChI=1S/C18H18/c1-14-6-5-9-16(12-14)18-13-17(18)11-10-15-7-3-2-4-8-15/h2-12,17-18H,13H2,1H3/b11-10+/t17-,18-/m1/s1. The van der Waals surface area contributed by atoms with Crippen molar-refractivity contribution in [1.82, 2.24) is 0 Å². The molecule has 3 rings (SSSR count). The first-order valence-corrected chi connectivity index (χ1v) is 6.63. The highest BCUT2D eigenvalue weighted by atomic mass is 14.4. The third-order valence-electron chi connectivity index (χ3n) is 3.65. The van der Waals surface area contributed by atoms with Gasteiger partial charge < -0.3 is 0 Å². The van der Waals surface area contributed by atoms with E-state index in [1.807, 2.05) is 0 Å². The molecule has 1 fully saturated rings. The summed E-state index contributed by atoms with van der Waals surface area (Å²) in [6.45, 7) is 2.17. The molecule has 0 heteroatoms. The molecule has 0 N–H and O–H groups in total. The first kappa shape index (κ1) is 11.3. The van der Waals surface area contributed by atoms with E-state index in [-0.39, 0.29) is 0 Å². The smallest absolute Gasteiger partial charge is 0.00928 e. The van der Waals surface area contributed by atoms with Gasteiger partial charge in [-0.05, 0) is 36.3 Å². The van der Waals surface area contributed by atoms with Gasteiger partial charge in [0.1, 0.15) is 0 Å². The molecule has 0 unspecified atom stereocenters. The molecule has 1 saturated carbocycles. The molecular formula is C18H18. The molecule has 90 valence electrons. The van der Waals surface area contributed by atoms with Crippen molar-refractivity contribution in [2.75, 3.05) is 0 Å². The fraction of sp³-hybridized carbons (Fsp3) is 0.222. The molecule has 18 heavy (non-hydrogen) atoms. The van der Waals surface area contributed by atoms with E-state index < -0.39 is 0 Å². The summed E-state index contributed by atoms with van der Waals surface area (Å²) in [5, 5.41) is 0. The van der Waals surface area contributed by atoms with Crippen LogP contribution in [0.25, 0.3) is 6.08 Å². The van der Waals surface area contributed by atoms with Crippen LogP contribution in [0.4, 0.5) is 0 Å². The van der Waals surface area contributed by atoms with Gasteiger partial charge in [-0.3, -0.25) is 0 Å². The highest BCUT2D eigenvalue weighted by molar-refractivity contribution is 5.50. The van der Waals surface area contributed by atoms with Gasteiger partial charge in [-0.25, -0.2) is 0 Å². The number of benzene rings is 2. The van der Waals surface area contributed by atoms with Crippen LogP contribution in [0.1, 0.15) is 29.0 Å². The van der Waals surface area contributed by atoms with Crippen molar-refractivity contribution < 1.29 is 0 Å². The zero-order valence-corrected chi connectivity index (χ0v) is 10.7. The van der Waals surface area contributed by atoms with Gasteiger partial charge in [-0.2, -0.15) is 0 Å². The average Bonchev–Trinajstić information content (AvgIpc) is 3.17. The largest absolute Gasteiger partial charge is 0.0802 e. The third-order valence-corrected chi connectivity index (χ3v) is 3.65. The number of hydrogen-bond donors (Lipinski definition) is 0. The molecule has 2 aromatic rings. The van der Waals surface area contributed by atoms with Crippen molar-refractivity contribution in [2.45, 2.75) is 19.3 Å². The lowest BCUT2D eigenvalue weighted by atomic mass is 10.1. The van der Waals surface area contributed by atoms with E-state index in [1.165, 1.54) is 23.1 Å². The van der Waals surface area contributed by atoms with E-state index in [9.17, 15) is 0 Å². The first-order valence-electron chi connectivity index (χ1n) is 6.63. The summed E-state index contributed by atoms with van der Waals surface area (Å²) in [6, 6.07) is 19.5. The molecule has 0 bridgehead atoms. The number of aryl methyl sites for hydroxylation is 1. The molecule has 0 spiro atoms. The molecule has 0 aromatic heterocycles. The van der Waals surface area contributed by atoms with Crippen molar-refractivity contribution in [1.29, 1.82) is 0 Å². The van der Waals surface area contributed by atoms with Gasteiger partial charge >= 0.3 is 0 Å². The fourth-order valence-electron chi connectivity index (χ4n) is 2.51. The maximum Gasteiger partial charge on any atom is -0.00928 e. The highest BCUT2D eigenvalue weighted by Gasteiger charge is 2.35. The van der Waals surface area contributed by atoms with Crippen LogP contribution in [0.15, 0.2) is 60.7 Å². The van der Waals surface area contributed by atoms with Gasteiger partial charge in [0.15, 0.2) is 0 Å². The number of allylic oxidation sites excluding steroid dienone is 1. The van der Waals surface area contributed by atoms with Crippen LogP contribution in [0.2, 0.25) is 0 Å². The Morgan fingerprint density at radius 2 is 1.83 bits per heavy atom. The van der Waals surface area contributed by atoms with Gasteiger partial charge in [0.2, 0.25) is 0 Å². The summed E-state index contributed by atoms with van der Waals surface area (Å²) in [6.07, 6.45) is 5.91. The first-order chi connectivity index (χ1) is 8.83. The van der Waals surface area contributed by atoms with Crippen LogP contribution in [0.3, 0.4) is 0 Å². The Morgan fingerprint density at radius 1 is 1.00 bits per heavy atom. The summed E-state index contributed by atoms with van der Waals surface area (Å²) in [5.41, 5.74) is 4.16. The molecule has 0 saturated heterocycles. The second kappa shape index (κ2) is 4.81. The second-order valence-corrected chi connectivity index (χ2v) is 5.19. The molecule has 1 aliphatic carbocycles. The Balaban J connectivity index is 1.67. The van der Waals surface area contributed by atoms with E-state index in [0.717, 1.165) is 11.8 Å². The van der Waals surface area contributed by atoms with Crippen LogP contribution >= 0.6 is 0 Å². The zero-order chi connectivity index (χ0) is 12.4. The summed E-state index contributed by atoms with van der Waals surface area (Å²) >= 11 is 0. The maximum absolute atomic E-state index is 2.36. The molecule has 0 radical (unpaired) electrons. The lowest BCUT2D eigenvalue weighted by molar-refractivity contribution is 1.01. The summed E-state index contributed by atoms with van der Waals surface area (Å²) < 4.78 is 0. The Hall–Kier alpha value is -1.82. The van der Waals surface area contributed by atoms with Gasteiger partial charge in [-0.15, -0.1) is 0 Å². The summed E-state index contributed by atoms with van der Waals surface area (Å²) in [7, 11) is 0. The lowest BCUT2D eigenvalue weighted by Crippen LogP contribution is -1.82. The van der Waals surface area contributed by atoms with Crippen LogP contribution in [-0.4, -0.2) is 0 Å². The van der Waals surface area contributed by atoms with Crippen molar-refractivity contribution in [3.05, 3.63) is 77.4 Å². The van der Waals surface area contributed by atoms with E-state index in [0.29, 0.717) is 0 Å². The van der Waals surface area contributed by atoms with Crippen LogP contribution in [-0.2, 0) is 0 Å². The average molecular weight is 234 g/mol. The molecular weight excluding hydrogens is 216 g/mol. The van der Waals surface area contributed by atoms with Crippen molar-refractivity contribution in [3.8, 4) is 0 Å². The van der Waals surface area contributed by atoms with E-state index in [1.54, 1.807) is 0 Å². The molecule has 2 aromatic carbocycles. The second-order valence-electron chi connectivity index (χ2n) is 5.19. The SMILES string of the molecule is Cc1cccc([C@H]2C[C@H]2/C=C/c2ccccc2)c1. The fourth-order valence-corrected chi connectivity index (χ4v) is 2.51. The van der Waals surface area contributed by atoms with Gasteiger partial charge in [0.25, 0.3) is 0 Å². The Kier molecular flexibility index (Phi) is 3.02. The van der Waals surface area contributed by atoms with E-state index >= 15 is 0 Å². The molecule has 1 aliphatic rings. The molecule has 0 aliphatic heterocycles. The maximum atomic E-state index is 2.36. The summed E-state index contributed by atoms with van der Waals surface area (Å²) in [5.74, 6) is 1.47. The van der Waals surface area contributed by atoms with Gasteiger partial charge in [-0.1, -0.05) is 72.3 Å². The Morgan fingerprint density at radius 3 is 2.61 bits per heavy atom. The normalized spacial score (nSPS) is 22.3. The quantitative estimate of drug-likeness (QED) is 0.714.